The second-order valence-electron chi connectivity index (χ2n) is 28.3. The van der Waals surface area contributed by atoms with E-state index in [1.165, 1.54) is 13.8 Å². The minimum absolute atomic E-state index is 0.0242. The van der Waals surface area contributed by atoms with E-state index in [-0.39, 0.29) is 37.0 Å². The van der Waals surface area contributed by atoms with Gasteiger partial charge in [-0.05, 0) is 105 Å². The molecule has 5 heterocycles. The number of fused-ring (bicyclic) bond motifs is 7. The lowest BCUT2D eigenvalue weighted by atomic mass is 9.33. The van der Waals surface area contributed by atoms with Crippen LogP contribution in [0.4, 0.5) is 0 Å². The van der Waals surface area contributed by atoms with E-state index in [4.69, 9.17) is 47.4 Å². The Labute approximate surface area is 502 Å². The summed E-state index contributed by atoms with van der Waals surface area (Å²) in [6.07, 6.45) is -36.4. The van der Waals surface area contributed by atoms with Crippen LogP contribution in [0.15, 0.2) is 11.6 Å². The Hall–Kier alpha value is -2.32. The largest absolute Gasteiger partial charge is 0.481 e. The number of hydrogen-bond donors (Lipinski definition) is 17. The SMILES string of the molecule is C[C@@H]1O[C@@H](O[C@@H]2[C@@H](OC(=O)[C@]34CCC(C)(C)C[C@H]3C3=CC[C@@H]5[C@@]6(C)C[C@H](O)[C@H](O[C@@H]7O[C@H](CO)[C@@H](O)[C@H](O[C@@H]8O[C@H](CO)[C@@H](O)[C@H](O)[C@H]8O)[C@H]7O)[C@@](C)(C(=O)O)[C@@H]6CC[C@@]5(C)[C@]3(C)C[C@H]4O)O[C@H](CO)[C@H]2O)[C@H](O)[C@H](O[C@@H]2OC[C@](O)(CO)[C@H]2O)[C@H]1O. The molecule has 5 aliphatic heterocycles. The van der Waals surface area contributed by atoms with Crippen LogP contribution < -0.4 is 0 Å². The molecule has 0 bridgehead atoms. The van der Waals surface area contributed by atoms with Gasteiger partial charge in [0.1, 0.15) is 103 Å². The summed E-state index contributed by atoms with van der Waals surface area (Å²) in [6.45, 7) is 9.19. The van der Waals surface area contributed by atoms with E-state index >= 15 is 4.79 Å². The predicted molar refractivity (Wildman–Crippen MR) is 287 cm³/mol. The molecule has 498 valence electrons. The number of ether oxygens (including phenoxy) is 10. The van der Waals surface area contributed by atoms with E-state index < -0.39 is 237 Å². The maximum atomic E-state index is 15.5. The summed E-state index contributed by atoms with van der Waals surface area (Å²) in [5.41, 5.74) is -7.74. The van der Waals surface area contributed by atoms with Crippen LogP contribution in [0.2, 0.25) is 0 Å². The second-order valence-corrected chi connectivity index (χ2v) is 28.3. The lowest BCUT2D eigenvalue weighted by molar-refractivity contribution is -0.373. The molecule has 5 saturated heterocycles. The lowest BCUT2D eigenvalue weighted by Crippen LogP contribution is -2.71. The Morgan fingerprint density at radius 3 is 1.75 bits per heavy atom. The number of rotatable bonds is 15. The Kier molecular flexibility index (Phi) is 18.8. The number of carbonyl (C=O) groups excluding carboxylic acids is 1. The van der Waals surface area contributed by atoms with Gasteiger partial charge < -0.3 is 134 Å². The quantitative estimate of drug-likeness (QED) is 0.0415. The van der Waals surface area contributed by atoms with E-state index in [1.807, 2.05) is 6.92 Å². The van der Waals surface area contributed by atoms with Gasteiger partial charge >= 0.3 is 11.9 Å². The topological polar surface area (TPSA) is 470 Å². The molecule has 9 fully saturated rings. The van der Waals surface area contributed by atoms with Crippen molar-refractivity contribution in [1.29, 1.82) is 0 Å². The zero-order valence-electron chi connectivity index (χ0n) is 49.9. The van der Waals surface area contributed by atoms with Gasteiger partial charge in [0, 0.05) is 0 Å². The van der Waals surface area contributed by atoms with Gasteiger partial charge in [0.2, 0.25) is 6.29 Å². The van der Waals surface area contributed by atoms with Crippen molar-refractivity contribution in [2.75, 3.05) is 33.0 Å². The molecule has 0 aromatic heterocycles. The number of esters is 1. The highest BCUT2D eigenvalue weighted by atomic mass is 16.8. The van der Waals surface area contributed by atoms with Crippen LogP contribution >= 0.6 is 0 Å². The van der Waals surface area contributed by atoms with Gasteiger partial charge in [0.25, 0.3) is 0 Å². The summed E-state index contributed by atoms with van der Waals surface area (Å²) in [5.74, 6) is -4.01. The minimum atomic E-state index is -2.11. The predicted octanol–water partition coefficient (Wildman–Crippen LogP) is -4.90. The molecular formula is C58H92O29. The van der Waals surface area contributed by atoms with E-state index in [9.17, 15) is 91.6 Å². The monoisotopic (exact) mass is 1250 g/mol. The van der Waals surface area contributed by atoms with Crippen molar-refractivity contribution in [3.8, 4) is 0 Å². The van der Waals surface area contributed by atoms with Gasteiger partial charge in [-0.3, -0.25) is 9.59 Å². The molecule has 87 heavy (non-hydrogen) atoms. The molecule has 17 N–H and O–H groups in total. The van der Waals surface area contributed by atoms with E-state index in [0.29, 0.717) is 25.7 Å². The standard InChI is InChI=1S/C58H92O29/c1-22-32(65)40(84-49-43(73)57(77,20-62)21-78-49)38(71)46(79-22)85-42-35(68)28(19-61)82-48(42)87-51(76)58-13-12-52(2,3)14-24(58)23-8-9-29-53(4)15-25(63)44(56(7,50(74)75)30(53)10-11-54(29,5)55(23,6)16-31(58)64)86-47-39(72)41(34(67)27(18-60)81-47)83-45-37(70)36(69)33(66)26(17-59)80-45/h8,22,24-49,59-73,77H,9-21H2,1-7H3,(H,74,75)/t22-,24-,25-,26+,27+,28+,29+,30+,31+,32-,33+,34+,35+,36-,37+,38+,39+,40+,41-,42-,43-,44-,45-,46-,47-,48+,49-,53+,54+,55+,56-,57+,58+/m0/s1. The summed E-state index contributed by atoms with van der Waals surface area (Å²) in [6, 6.07) is 0. The molecule has 5 aliphatic carbocycles. The van der Waals surface area contributed by atoms with Crippen molar-refractivity contribution >= 4 is 11.9 Å². The number of carbonyl (C=O) groups is 2. The van der Waals surface area contributed by atoms with Crippen molar-refractivity contribution < 1.29 is 144 Å². The van der Waals surface area contributed by atoms with E-state index in [1.54, 1.807) is 0 Å². The highest BCUT2D eigenvalue weighted by molar-refractivity contribution is 5.80. The number of aliphatic hydroxyl groups is 16. The van der Waals surface area contributed by atoms with Gasteiger partial charge in [-0.1, -0.05) is 46.3 Å². The molecule has 0 aromatic rings. The molecule has 10 aliphatic rings. The third-order valence-corrected chi connectivity index (χ3v) is 23.0. The van der Waals surface area contributed by atoms with Crippen LogP contribution in [0.5, 0.6) is 0 Å². The fraction of sp³-hybridized carbons (Fsp3) is 0.931. The summed E-state index contributed by atoms with van der Waals surface area (Å²) >= 11 is 0. The fourth-order valence-corrected chi connectivity index (χ4v) is 17.6. The first-order chi connectivity index (χ1) is 40.7. The second kappa shape index (κ2) is 24.2. The van der Waals surface area contributed by atoms with Crippen molar-refractivity contribution in [1.82, 2.24) is 0 Å². The summed E-state index contributed by atoms with van der Waals surface area (Å²) < 4.78 is 58.7. The smallest absolute Gasteiger partial charge is 0.317 e. The highest BCUT2D eigenvalue weighted by Gasteiger charge is 2.74. The third-order valence-electron chi connectivity index (χ3n) is 23.0. The Morgan fingerprint density at radius 1 is 0.598 bits per heavy atom. The first-order valence-electron chi connectivity index (χ1n) is 30.3. The zero-order chi connectivity index (χ0) is 63.8. The summed E-state index contributed by atoms with van der Waals surface area (Å²) in [5, 5.41) is 187. The average molecular weight is 1250 g/mol. The van der Waals surface area contributed by atoms with Crippen LogP contribution in [0.25, 0.3) is 0 Å². The zero-order valence-corrected chi connectivity index (χ0v) is 49.9. The molecule has 10 rings (SSSR count). The molecular weight excluding hydrogens is 1160 g/mol. The Morgan fingerprint density at radius 2 is 1.15 bits per heavy atom. The minimum Gasteiger partial charge on any atom is -0.481 e. The number of hydrogen-bond acceptors (Lipinski definition) is 28. The van der Waals surface area contributed by atoms with Crippen LogP contribution in [-0.2, 0) is 57.0 Å². The molecule has 0 unspecified atom stereocenters. The maximum absolute atomic E-state index is 15.5. The van der Waals surface area contributed by atoms with Crippen LogP contribution in [-0.4, -0.2) is 285 Å². The molecule has 33 atom stereocenters. The number of carboxylic acid groups (broad SMARTS) is 1. The molecule has 0 amide bonds. The van der Waals surface area contributed by atoms with Crippen LogP contribution in [0.1, 0.15) is 99.8 Å². The van der Waals surface area contributed by atoms with Gasteiger partial charge in [-0.15, -0.1) is 0 Å². The molecule has 0 spiro atoms. The maximum Gasteiger partial charge on any atom is 0.317 e. The molecule has 0 aromatic carbocycles. The molecule has 4 saturated carbocycles. The van der Waals surface area contributed by atoms with Gasteiger partial charge in [0.15, 0.2) is 31.3 Å². The Bertz CT molecular complexity index is 2510. The van der Waals surface area contributed by atoms with Gasteiger partial charge in [-0.2, -0.15) is 0 Å². The molecule has 29 nitrogen and oxygen atoms in total. The number of aliphatic carboxylic acids is 1. The van der Waals surface area contributed by atoms with Crippen molar-refractivity contribution in [2.24, 2.45) is 50.2 Å². The average Bonchev–Trinajstić information content (AvgIpc) is 1.04. The first kappa shape index (κ1) is 67.6. The van der Waals surface area contributed by atoms with Crippen LogP contribution in [0.3, 0.4) is 0 Å². The van der Waals surface area contributed by atoms with Crippen molar-refractivity contribution in [3.63, 3.8) is 0 Å². The van der Waals surface area contributed by atoms with E-state index in [2.05, 4.69) is 33.8 Å². The van der Waals surface area contributed by atoms with Gasteiger partial charge in [0.05, 0.1) is 56.8 Å². The molecule has 29 heteroatoms. The third kappa shape index (κ3) is 10.7. The first-order valence-corrected chi connectivity index (χ1v) is 30.3. The number of aliphatic hydroxyl groups excluding tert-OH is 15. The molecule has 0 radical (unpaired) electrons. The normalized spacial score (nSPS) is 54.8. The highest BCUT2D eigenvalue weighted by Crippen LogP contribution is 2.76. The fourth-order valence-electron chi connectivity index (χ4n) is 17.6. The summed E-state index contributed by atoms with van der Waals surface area (Å²) in [7, 11) is 0. The van der Waals surface area contributed by atoms with E-state index in [0.717, 1.165) is 5.57 Å². The van der Waals surface area contributed by atoms with Crippen molar-refractivity contribution in [3.05, 3.63) is 11.6 Å². The van der Waals surface area contributed by atoms with Crippen LogP contribution in [0, 0.1) is 50.2 Å². The number of carboxylic acids is 1. The number of allylic oxidation sites excluding steroid dienone is 2. The van der Waals surface area contributed by atoms with Crippen molar-refractivity contribution in [2.45, 2.75) is 253 Å². The lowest BCUT2D eigenvalue weighted by Gasteiger charge is -2.71. The Balaban J connectivity index is 0.902. The summed E-state index contributed by atoms with van der Waals surface area (Å²) in [4.78, 5) is 29.5. The van der Waals surface area contributed by atoms with Gasteiger partial charge in [-0.25, -0.2) is 0 Å².